The van der Waals surface area contributed by atoms with Gasteiger partial charge in [0, 0.05) is 42.6 Å². The largest absolute Gasteiger partial charge is 0.504 e. The van der Waals surface area contributed by atoms with E-state index >= 15 is 0 Å². The molecule has 0 saturated carbocycles. The first kappa shape index (κ1) is 18.1. The van der Waals surface area contributed by atoms with E-state index in [1.807, 2.05) is 19.1 Å². The summed E-state index contributed by atoms with van der Waals surface area (Å²) in [5.41, 5.74) is 1.52. The summed E-state index contributed by atoms with van der Waals surface area (Å²) < 4.78 is 5.41. The first-order valence-electron chi connectivity index (χ1n) is 9.11. The Bertz CT molecular complexity index is 968. The maximum atomic E-state index is 9.83. The van der Waals surface area contributed by atoms with E-state index in [0.717, 1.165) is 31.7 Å². The number of H-pyrrole nitrogens is 1. The number of hydrogen-bond acceptors (Lipinski definition) is 8. The number of aromatic amines is 1. The van der Waals surface area contributed by atoms with Crippen molar-refractivity contribution < 1.29 is 14.9 Å². The molecule has 0 spiro atoms. The van der Waals surface area contributed by atoms with Crippen LogP contribution in [0.3, 0.4) is 0 Å². The van der Waals surface area contributed by atoms with E-state index in [0.29, 0.717) is 28.8 Å². The number of nitrogens with zero attached hydrogens (tertiary/aromatic N) is 3. The lowest BCUT2D eigenvalue weighted by molar-refractivity contribution is 0.0904. The summed E-state index contributed by atoms with van der Waals surface area (Å²) in [7, 11) is 0. The summed E-state index contributed by atoms with van der Waals surface area (Å²) >= 11 is 0. The lowest BCUT2D eigenvalue weighted by Crippen LogP contribution is -2.28. The van der Waals surface area contributed by atoms with Crippen LogP contribution in [0.1, 0.15) is 18.5 Å². The van der Waals surface area contributed by atoms with Gasteiger partial charge in [0.2, 0.25) is 0 Å². The number of aryl methyl sites for hydroxylation is 1. The van der Waals surface area contributed by atoms with Gasteiger partial charge in [-0.1, -0.05) is 0 Å². The molecule has 9 nitrogen and oxygen atoms in total. The molecule has 1 aliphatic heterocycles. The van der Waals surface area contributed by atoms with Crippen LogP contribution < -0.4 is 10.6 Å². The van der Waals surface area contributed by atoms with Gasteiger partial charge in [0.15, 0.2) is 23.1 Å². The fourth-order valence-electron chi connectivity index (χ4n) is 3.04. The van der Waals surface area contributed by atoms with E-state index in [1.165, 1.54) is 12.1 Å². The first-order valence-corrected chi connectivity index (χ1v) is 9.11. The average Bonchev–Trinajstić information content (AvgIpc) is 3.09. The van der Waals surface area contributed by atoms with Crippen LogP contribution in [0.2, 0.25) is 0 Å². The number of rotatable bonds is 5. The Kier molecular flexibility index (Phi) is 4.98. The Morgan fingerprint density at radius 2 is 1.79 bits per heavy atom. The van der Waals surface area contributed by atoms with Gasteiger partial charge < -0.3 is 25.6 Å². The lowest BCUT2D eigenvalue weighted by atomic mass is 10.1. The molecule has 28 heavy (non-hydrogen) atoms. The van der Waals surface area contributed by atoms with Gasteiger partial charge in [0.25, 0.3) is 0 Å². The van der Waals surface area contributed by atoms with E-state index in [1.54, 1.807) is 6.07 Å². The Balaban J connectivity index is 1.67. The maximum Gasteiger partial charge on any atom is 0.164 e. The second kappa shape index (κ2) is 7.73. The van der Waals surface area contributed by atoms with Gasteiger partial charge in [-0.3, -0.25) is 5.10 Å². The highest BCUT2D eigenvalue weighted by atomic mass is 16.5. The zero-order chi connectivity index (χ0) is 19.5. The molecule has 0 bridgehead atoms. The van der Waals surface area contributed by atoms with Crippen molar-refractivity contribution in [1.29, 1.82) is 0 Å². The molecule has 0 radical (unpaired) electrons. The second-order valence-corrected chi connectivity index (χ2v) is 6.76. The number of hydrogen-bond donors (Lipinski definition) is 5. The van der Waals surface area contributed by atoms with Crippen LogP contribution in [0.5, 0.6) is 11.5 Å². The Hall–Kier alpha value is -3.33. The lowest BCUT2D eigenvalue weighted by Gasteiger charge is -2.24. The molecule has 3 aromatic rings. The molecule has 3 heterocycles. The molecule has 146 valence electrons. The molecule has 0 aliphatic carbocycles. The summed E-state index contributed by atoms with van der Waals surface area (Å²) in [6.07, 6.45) is 1.81. The SMILES string of the molecule is Cc1cc(Nc2cc(NC3CCOCC3)nc(-c3ccc(O)c(O)c3)n2)n[nH]1. The smallest absolute Gasteiger partial charge is 0.164 e. The second-order valence-electron chi connectivity index (χ2n) is 6.76. The van der Waals surface area contributed by atoms with Crippen LogP contribution in [0.15, 0.2) is 30.3 Å². The predicted molar refractivity (Wildman–Crippen MR) is 105 cm³/mol. The minimum atomic E-state index is -0.221. The summed E-state index contributed by atoms with van der Waals surface area (Å²) in [6, 6.07) is 8.47. The van der Waals surface area contributed by atoms with Crippen LogP contribution in [-0.4, -0.2) is 49.6 Å². The molecule has 1 saturated heterocycles. The van der Waals surface area contributed by atoms with Crippen LogP contribution in [0.4, 0.5) is 17.5 Å². The van der Waals surface area contributed by atoms with Crippen LogP contribution in [0.25, 0.3) is 11.4 Å². The van der Waals surface area contributed by atoms with Crippen molar-refractivity contribution in [3.8, 4) is 22.9 Å². The number of nitrogens with one attached hydrogen (secondary N) is 3. The van der Waals surface area contributed by atoms with Crippen molar-refractivity contribution >= 4 is 17.5 Å². The fourth-order valence-corrected chi connectivity index (χ4v) is 3.04. The van der Waals surface area contributed by atoms with Crippen LogP contribution in [0, 0.1) is 6.92 Å². The van der Waals surface area contributed by atoms with Gasteiger partial charge in [-0.25, -0.2) is 9.97 Å². The Morgan fingerprint density at radius 3 is 2.50 bits per heavy atom. The van der Waals surface area contributed by atoms with Crippen molar-refractivity contribution in [2.45, 2.75) is 25.8 Å². The quantitative estimate of drug-likeness (QED) is 0.426. The van der Waals surface area contributed by atoms with E-state index in [-0.39, 0.29) is 17.5 Å². The van der Waals surface area contributed by atoms with Crippen molar-refractivity contribution in [3.05, 3.63) is 36.0 Å². The highest BCUT2D eigenvalue weighted by Crippen LogP contribution is 2.30. The third kappa shape index (κ3) is 4.15. The third-order valence-corrected chi connectivity index (χ3v) is 4.50. The number of aromatic hydroxyl groups is 2. The molecule has 0 amide bonds. The summed E-state index contributed by atoms with van der Waals surface area (Å²) in [6.45, 7) is 3.36. The Morgan fingerprint density at radius 1 is 1.00 bits per heavy atom. The van der Waals surface area contributed by atoms with Crippen LogP contribution in [-0.2, 0) is 4.74 Å². The first-order chi connectivity index (χ1) is 13.6. The molecule has 1 aromatic carbocycles. The fraction of sp³-hybridized carbons (Fsp3) is 0.316. The van der Waals surface area contributed by atoms with Gasteiger partial charge in [-0.2, -0.15) is 5.10 Å². The molecule has 0 atom stereocenters. The maximum absolute atomic E-state index is 9.83. The molecule has 1 fully saturated rings. The highest BCUT2D eigenvalue weighted by molar-refractivity contribution is 5.66. The predicted octanol–water partition coefficient (Wildman–Crippen LogP) is 2.92. The molecule has 9 heteroatoms. The van der Waals surface area contributed by atoms with Crippen molar-refractivity contribution in [1.82, 2.24) is 20.2 Å². The number of ether oxygens (including phenoxy) is 1. The average molecular weight is 382 g/mol. The van der Waals surface area contributed by atoms with Gasteiger partial charge in [0.05, 0.1) is 0 Å². The normalized spacial score (nSPS) is 14.8. The molecule has 4 rings (SSSR count). The van der Waals surface area contributed by atoms with Gasteiger partial charge in [-0.05, 0) is 38.0 Å². The summed E-state index contributed by atoms with van der Waals surface area (Å²) in [4.78, 5) is 9.13. The molecule has 2 aromatic heterocycles. The zero-order valence-corrected chi connectivity index (χ0v) is 15.4. The van der Waals surface area contributed by atoms with Crippen molar-refractivity contribution in [2.75, 3.05) is 23.8 Å². The van der Waals surface area contributed by atoms with E-state index in [9.17, 15) is 10.2 Å². The minimum Gasteiger partial charge on any atom is -0.504 e. The third-order valence-electron chi connectivity index (χ3n) is 4.50. The number of aromatic nitrogens is 4. The number of anilines is 3. The monoisotopic (exact) mass is 382 g/mol. The van der Waals surface area contributed by atoms with Crippen molar-refractivity contribution in [2.24, 2.45) is 0 Å². The molecular formula is C19H22N6O3. The summed E-state index contributed by atoms with van der Waals surface area (Å²) in [5.74, 6) is 1.89. The molecule has 1 aliphatic rings. The van der Waals surface area contributed by atoms with Crippen LogP contribution >= 0.6 is 0 Å². The number of benzene rings is 1. The van der Waals surface area contributed by atoms with Crippen molar-refractivity contribution in [3.63, 3.8) is 0 Å². The van der Waals surface area contributed by atoms with Gasteiger partial charge in [-0.15, -0.1) is 0 Å². The molecule has 0 unspecified atom stereocenters. The topological polar surface area (TPSA) is 128 Å². The highest BCUT2D eigenvalue weighted by Gasteiger charge is 2.16. The van der Waals surface area contributed by atoms with E-state index in [2.05, 4.69) is 30.8 Å². The Labute approximate surface area is 161 Å². The standard InChI is InChI=1S/C19H22N6O3/c1-11-8-18(25-24-11)21-17-10-16(20-13-4-6-28-7-5-13)22-19(23-17)12-2-3-14(26)15(27)9-12/h2-3,8-10,13,26-27H,4-7H2,1H3,(H3,20,21,22,23,24,25). The van der Waals surface area contributed by atoms with E-state index in [4.69, 9.17) is 4.74 Å². The van der Waals surface area contributed by atoms with Gasteiger partial charge in [0.1, 0.15) is 11.6 Å². The summed E-state index contributed by atoms with van der Waals surface area (Å²) in [5, 5.41) is 33.1. The minimum absolute atomic E-state index is 0.189. The van der Waals surface area contributed by atoms with Gasteiger partial charge >= 0.3 is 0 Å². The number of phenolic OH excluding ortho intramolecular Hbond substituents is 2. The van der Waals surface area contributed by atoms with E-state index < -0.39 is 0 Å². The zero-order valence-electron chi connectivity index (χ0n) is 15.4. The molecular weight excluding hydrogens is 360 g/mol. The molecule has 5 N–H and O–H groups in total. The number of phenols is 2.